The van der Waals surface area contributed by atoms with E-state index in [2.05, 4.69) is 23.3 Å². The second-order valence-electron chi connectivity index (χ2n) is 5.00. The highest BCUT2D eigenvalue weighted by Crippen LogP contribution is 2.17. The van der Waals surface area contributed by atoms with Crippen LogP contribution < -0.4 is 4.74 Å². The number of aliphatic hydroxyl groups is 1. The van der Waals surface area contributed by atoms with Crippen LogP contribution in [0.2, 0.25) is 0 Å². The van der Waals surface area contributed by atoms with E-state index in [4.69, 9.17) is 4.74 Å². The van der Waals surface area contributed by atoms with Crippen molar-refractivity contribution in [2.24, 2.45) is 0 Å². The molecule has 1 atom stereocenters. The van der Waals surface area contributed by atoms with Crippen molar-refractivity contribution in [3.05, 3.63) is 52.2 Å². The van der Waals surface area contributed by atoms with E-state index in [9.17, 15) is 5.11 Å². The zero-order valence-corrected chi connectivity index (χ0v) is 12.8. The normalized spacial score (nSPS) is 12.6. The van der Waals surface area contributed by atoms with Crippen molar-refractivity contribution < 1.29 is 9.84 Å². The second kappa shape index (κ2) is 7.43. The van der Waals surface area contributed by atoms with Gasteiger partial charge in [0.2, 0.25) is 0 Å². The Bertz CT molecular complexity index is 512. The number of ether oxygens (including phenoxy) is 1. The van der Waals surface area contributed by atoms with Crippen molar-refractivity contribution in [3.8, 4) is 5.75 Å². The standard InChI is InChI=1S/C16H21NO2S/c1-13-8-9-20-16(13)11-17(2)10-14(18)12-19-15-6-4-3-5-7-15/h3-9,14,18H,10-12H2,1-2H3. The average Bonchev–Trinajstić information content (AvgIpc) is 2.83. The lowest BCUT2D eigenvalue weighted by molar-refractivity contribution is 0.0746. The summed E-state index contributed by atoms with van der Waals surface area (Å²) < 4.78 is 5.55. The quantitative estimate of drug-likeness (QED) is 0.851. The number of thiophene rings is 1. The Morgan fingerprint density at radius 3 is 2.65 bits per heavy atom. The van der Waals surface area contributed by atoms with Crippen LogP contribution in [-0.4, -0.2) is 36.3 Å². The number of likely N-dealkylation sites (N-methyl/N-ethyl adjacent to an activating group) is 1. The van der Waals surface area contributed by atoms with Crippen molar-refractivity contribution in [1.29, 1.82) is 0 Å². The van der Waals surface area contributed by atoms with Crippen molar-refractivity contribution in [2.75, 3.05) is 20.2 Å². The third-order valence-corrected chi connectivity index (χ3v) is 4.10. The van der Waals surface area contributed by atoms with Gasteiger partial charge in [-0.3, -0.25) is 4.90 Å². The van der Waals surface area contributed by atoms with Crippen LogP contribution in [0.5, 0.6) is 5.75 Å². The van der Waals surface area contributed by atoms with E-state index in [0.717, 1.165) is 12.3 Å². The van der Waals surface area contributed by atoms with Crippen LogP contribution in [-0.2, 0) is 6.54 Å². The highest BCUT2D eigenvalue weighted by molar-refractivity contribution is 7.10. The van der Waals surface area contributed by atoms with Crippen LogP contribution >= 0.6 is 11.3 Å². The molecule has 1 heterocycles. The van der Waals surface area contributed by atoms with Gasteiger partial charge >= 0.3 is 0 Å². The molecule has 4 heteroatoms. The van der Waals surface area contributed by atoms with Gasteiger partial charge < -0.3 is 9.84 Å². The van der Waals surface area contributed by atoms with Gasteiger partial charge in [0, 0.05) is 18.0 Å². The van der Waals surface area contributed by atoms with Gasteiger partial charge in [-0.25, -0.2) is 0 Å². The number of aryl methyl sites for hydroxylation is 1. The van der Waals surface area contributed by atoms with Crippen LogP contribution in [0.4, 0.5) is 0 Å². The number of hydrogen-bond acceptors (Lipinski definition) is 4. The molecule has 1 aromatic carbocycles. The minimum absolute atomic E-state index is 0.317. The molecule has 0 saturated carbocycles. The summed E-state index contributed by atoms with van der Waals surface area (Å²) in [6, 6.07) is 11.7. The number of aliphatic hydroxyl groups excluding tert-OH is 1. The van der Waals surface area contributed by atoms with Gasteiger partial charge in [-0.05, 0) is 43.1 Å². The van der Waals surface area contributed by atoms with Crippen molar-refractivity contribution in [2.45, 2.75) is 19.6 Å². The van der Waals surface area contributed by atoms with Gasteiger partial charge in [0.05, 0.1) is 0 Å². The number of nitrogens with zero attached hydrogens (tertiary/aromatic N) is 1. The SMILES string of the molecule is Cc1ccsc1CN(C)CC(O)COc1ccccc1. The predicted molar refractivity (Wildman–Crippen MR) is 83.3 cm³/mol. The smallest absolute Gasteiger partial charge is 0.119 e. The lowest BCUT2D eigenvalue weighted by Crippen LogP contribution is -2.32. The molecule has 1 unspecified atom stereocenters. The van der Waals surface area contributed by atoms with E-state index in [1.165, 1.54) is 10.4 Å². The summed E-state index contributed by atoms with van der Waals surface area (Å²) in [5.41, 5.74) is 1.32. The van der Waals surface area contributed by atoms with E-state index in [0.29, 0.717) is 13.2 Å². The lowest BCUT2D eigenvalue weighted by Gasteiger charge is -2.20. The Hall–Kier alpha value is -1.36. The molecule has 0 bridgehead atoms. The molecular weight excluding hydrogens is 270 g/mol. The van der Waals surface area contributed by atoms with E-state index < -0.39 is 6.10 Å². The first-order valence-electron chi connectivity index (χ1n) is 6.72. The Balaban J connectivity index is 1.74. The molecule has 0 amide bonds. The zero-order valence-electron chi connectivity index (χ0n) is 12.0. The highest BCUT2D eigenvalue weighted by Gasteiger charge is 2.11. The van der Waals surface area contributed by atoms with Gasteiger partial charge in [-0.1, -0.05) is 18.2 Å². The monoisotopic (exact) mass is 291 g/mol. The summed E-state index contributed by atoms with van der Waals surface area (Å²) >= 11 is 1.76. The summed E-state index contributed by atoms with van der Waals surface area (Å²) in [5.74, 6) is 0.795. The first kappa shape index (κ1) is 15.0. The van der Waals surface area contributed by atoms with Crippen molar-refractivity contribution in [1.82, 2.24) is 4.90 Å². The number of rotatable bonds is 7. The van der Waals surface area contributed by atoms with E-state index in [1.54, 1.807) is 11.3 Å². The fourth-order valence-electron chi connectivity index (χ4n) is 2.00. The van der Waals surface area contributed by atoms with Gasteiger partial charge in [0.25, 0.3) is 0 Å². The maximum absolute atomic E-state index is 10.0. The maximum Gasteiger partial charge on any atom is 0.119 e. The van der Waals surface area contributed by atoms with Gasteiger partial charge in [0.15, 0.2) is 0 Å². The Labute approximate surface area is 124 Å². The summed E-state index contributed by atoms with van der Waals surface area (Å²) in [7, 11) is 2.02. The molecule has 3 nitrogen and oxygen atoms in total. The first-order valence-corrected chi connectivity index (χ1v) is 7.60. The van der Waals surface area contributed by atoms with Crippen molar-refractivity contribution in [3.63, 3.8) is 0 Å². The molecule has 0 aliphatic carbocycles. The molecule has 108 valence electrons. The molecule has 20 heavy (non-hydrogen) atoms. The summed E-state index contributed by atoms with van der Waals surface area (Å²) in [6.45, 7) is 3.91. The summed E-state index contributed by atoms with van der Waals surface area (Å²) in [4.78, 5) is 3.47. The van der Waals surface area contributed by atoms with Crippen LogP contribution in [0.1, 0.15) is 10.4 Å². The lowest BCUT2D eigenvalue weighted by atomic mass is 10.2. The Morgan fingerprint density at radius 1 is 1.25 bits per heavy atom. The third kappa shape index (κ3) is 4.63. The van der Waals surface area contributed by atoms with E-state index >= 15 is 0 Å². The minimum atomic E-state index is -0.486. The molecule has 0 saturated heterocycles. The molecule has 2 rings (SSSR count). The van der Waals surface area contributed by atoms with Crippen LogP contribution in [0.25, 0.3) is 0 Å². The van der Waals surface area contributed by atoms with Crippen LogP contribution in [0.3, 0.4) is 0 Å². The summed E-state index contributed by atoms with van der Waals surface area (Å²) in [6.07, 6.45) is -0.486. The average molecular weight is 291 g/mol. The molecule has 0 fully saturated rings. The predicted octanol–water partition coefficient (Wildman–Crippen LogP) is 2.93. The molecule has 0 aliphatic heterocycles. The van der Waals surface area contributed by atoms with Crippen LogP contribution in [0.15, 0.2) is 41.8 Å². The van der Waals surface area contributed by atoms with E-state index in [1.807, 2.05) is 37.4 Å². The topological polar surface area (TPSA) is 32.7 Å². The molecule has 1 N–H and O–H groups in total. The zero-order chi connectivity index (χ0) is 14.4. The van der Waals surface area contributed by atoms with E-state index in [-0.39, 0.29) is 0 Å². The molecule has 2 aromatic rings. The second-order valence-corrected chi connectivity index (χ2v) is 6.00. The third-order valence-electron chi connectivity index (χ3n) is 3.09. The molecule has 0 spiro atoms. The van der Waals surface area contributed by atoms with Gasteiger partial charge in [-0.15, -0.1) is 11.3 Å². The Kier molecular flexibility index (Phi) is 5.59. The fraction of sp³-hybridized carbons (Fsp3) is 0.375. The molecule has 0 aliphatic rings. The molecule has 1 aromatic heterocycles. The first-order chi connectivity index (χ1) is 9.65. The summed E-state index contributed by atoms with van der Waals surface area (Å²) in [5, 5.41) is 12.1. The highest BCUT2D eigenvalue weighted by atomic mass is 32.1. The molecular formula is C16H21NO2S. The number of benzene rings is 1. The number of hydrogen-bond donors (Lipinski definition) is 1. The Morgan fingerprint density at radius 2 is 2.00 bits per heavy atom. The van der Waals surface area contributed by atoms with Crippen molar-refractivity contribution >= 4 is 11.3 Å². The largest absolute Gasteiger partial charge is 0.491 e. The molecule has 0 radical (unpaired) electrons. The van der Waals surface area contributed by atoms with Gasteiger partial charge in [-0.2, -0.15) is 0 Å². The number of para-hydroxylation sites is 1. The van der Waals surface area contributed by atoms with Gasteiger partial charge in [0.1, 0.15) is 18.5 Å². The maximum atomic E-state index is 10.0. The van der Waals surface area contributed by atoms with Crippen LogP contribution in [0, 0.1) is 6.92 Å². The fourth-order valence-corrected chi connectivity index (χ4v) is 2.98. The minimum Gasteiger partial charge on any atom is -0.491 e.